The van der Waals surface area contributed by atoms with E-state index in [2.05, 4.69) is 5.32 Å². The lowest BCUT2D eigenvalue weighted by molar-refractivity contribution is -0.122. The maximum absolute atomic E-state index is 11.5. The topological polar surface area (TPSA) is 49.4 Å². The zero-order chi connectivity index (χ0) is 12.1. The number of anilines is 1. The van der Waals surface area contributed by atoms with Crippen molar-refractivity contribution >= 4 is 17.5 Å². The molecule has 0 saturated carbocycles. The van der Waals surface area contributed by atoms with Gasteiger partial charge in [0.2, 0.25) is 11.8 Å². The van der Waals surface area contributed by atoms with Crippen molar-refractivity contribution < 1.29 is 9.59 Å². The Labute approximate surface area is 95.3 Å². The van der Waals surface area contributed by atoms with Crippen molar-refractivity contribution in [1.29, 1.82) is 0 Å². The van der Waals surface area contributed by atoms with E-state index in [4.69, 9.17) is 0 Å². The van der Waals surface area contributed by atoms with Gasteiger partial charge in [0, 0.05) is 19.7 Å². The number of likely N-dealkylation sites (N-methyl/N-ethyl adjacent to an activating group) is 1. The van der Waals surface area contributed by atoms with Gasteiger partial charge in [0.05, 0.1) is 0 Å². The second kappa shape index (κ2) is 5.30. The van der Waals surface area contributed by atoms with E-state index in [1.165, 1.54) is 11.8 Å². The van der Waals surface area contributed by atoms with Crippen LogP contribution in [0.2, 0.25) is 0 Å². The van der Waals surface area contributed by atoms with Crippen LogP contribution in [0.25, 0.3) is 0 Å². The largest absolute Gasteiger partial charge is 0.358 e. The minimum Gasteiger partial charge on any atom is -0.358 e. The number of carbonyl (C=O) groups is 2. The fourth-order valence-electron chi connectivity index (χ4n) is 1.46. The standard InChI is InChI=1S/C12H16N2O2/c1-9-6-4-5-7-11(9)14(10(2)15)8-12(16)13-3/h4-7H,8H2,1-3H3,(H,13,16). The first-order valence-electron chi connectivity index (χ1n) is 5.10. The normalized spacial score (nSPS) is 9.69. The maximum atomic E-state index is 11.5. The van der Waals surface area contributed by atoms with Gasteiger partial charge in [-0.25, -0.2) is 0 Å². The van der Waals surface area contributed by atoms with Crippen molar-refractivity contribution in [3.05, 3.63) is 29.8 Å². The van der Waals surface area contributed by atoms with Crippen molar-refractivity contribution in [2.75, 3.05) is 18.5 Å². The summed E-state index contributed by atoms with van der Waals surface area (Å²) >= 11 is 0. The Kier molecular flexibility index (Phi) is 4.05. The molecule has 4 nitrogen and oxygen atoms in total. The SMILES string of the molecule is CNC(=O)CN(C(C)=O)c1ccccc1C. The molecule has 0 aromatic heterocycles. The van der Waals surface area contributed by atoms with E-state index in [1.807, 2.05) is 31.2 Å². The molecule has 0 bridgehead atoms. The summed E-state index contributed by atoms with van der Waals surface area (Å²) in [6, 6.07) is 7.49. The van der Waals surface area contributed by atoms with Crippen molar-refractivity contribution in [3.8, 4) is 0 Å². The summed E-state index contributed by atoms with van der Waals surface area (Å²) < 4.78 is 0. The van der Waals surface area contributed by atoms with E-state index in [-0.39, 0.29) is 18.4 Å². The van der Waals surface area contributed by atoms with E-state index >= 15 is 0 Å². The number of nitrogens with one attached hydrogen (secondary N) is 1. The molecule has 0 saturated heterocycles. The minimum absolute atomic E-state index is 0.0523. The molecule has 0 aliphatic heterocycles. The number of amides is 2. The summed E-state index contributed by atoms with van der Waals surface area (Å²) in [4.78, 5) is 24.3. The maximum Gasteiger partial charge on any atom is 0.239 e. The zero-order valence-corrected chi connectivity index (χ0v) is 9.78. The van der Waals surface area contributed by atoms with Crippen LogP contribution in [-0.2, 0) is 9.59 Å². The van der Waals surface area contributed by atoms with Gasteiger partial charge in [0.1, 0.15) is 6.54 Å². The quantitative estimate of drug-likeness (QED) is 0.829. The number of hydrogen-bond donors (Lipinski definition) is 1. The smallest absolute Gasteiger partial charge is 0.239 e. The molecule has 0 aliphatic rings. The van der Waals surface area contributed by atoms with Gasteiger partial charge < -0.3 is 10.2 Å². The van der Waals surface area contributed by atoms with Gasteiger partial charge >= 0.3 is 0 Å². The molecule has 0 aliphatic carbocycles. The molecule has 1 rings (SSSR count). The first-order valence-corrected chi connectivity index (χ1v) is 5.10. The Balaban J connectivity index is 2.99. The number of aryl methyl sites for hydroxylation is 1. The average Bonchev–Trinajstić information content (AvgIpc) is 2.26. The van der Waals surface area contributed by atoms with Crippen LogP contribution in [0.1, 0.15) is 12.5 Å². The molecular weight excluding hydrogens is 204 g/mol. The lowest BCUT2D eigenvalue weighted by atomic mass is 10.2. The van der Waals surface area contributed by atoms with E-state index in [1.54, 1.807) is 7.05 Å². The van der Waals surface area contributed by atoms with Gasteiger partial charge in [-0.2, -0.15) is 0 Å². The fraction of sp³-hybridized carbons (Fsp3) is 0.333. The van der Waals surface area contributed by atoms with Crippen LogP contribution in [0.5, 0.6) is 0 Å². The second-order valence-corrected chi connectivity index (χ2v) is 3.56. The molecule has 86 valence electrons. The molecule has 2 amide bonds. The fourth-order valence-corrected chi connectivity index (χ4v) is 1.46. The number of rotatable bonds is 3. The highest BCUT2D eigenvalue weighted by molar-refractivity contribution is 5.97. The Morgan fingerprint density at radius 2 is 1.94 bits per heavy atom. The number of nitrogens with zero attached hydrogens (tertiary/aromatic N) is 1. The molecule has 1 aromatic carbocycles. The van der Waals surface area contributed by atoms with Gasteiger partial charge in [0.25, 0.3) is 0 Å². The Morgan fingerprint density at radius 1 is 1.31 bits per heavy atom. The molecule has 0 spiro atoms. The summed E-state index contributed by atoms with van der Waals surface area (Å²) in [6.07, 6.45) is 0. The Hall–Kier alpha value is -1.84. The predicted molar refractivity (Wildman–Crippen MR) is 63.3 cm³/mol. The number of benzene rings is 1. The molecule has 0 atom stereocenters. The second-order valence-electron chi connectivity index (χ2n) is 3.56. The lowest BCUT2D eigenvalue weighted by Crippen LogP contribution is -2.38. The van der Waals surface area contributed by atoms with Crippen molar-refractivity contribution in [1.82, 2.24) is 5.32 Å². The molecule has 0 heterocycles. The van der Waals surface area contributed by atoms with Crippen LogP contribution >= 0.6 is 0 Å². The summed E-state index contributed by atoms with van der Waals surface area (Å²) in [5, 5.41) is 2.51. The van der Waals surface area contributed by atoms with Gasteiger partial charge in [-0.15, -0.1) is 0 Å². The molecule has 0 fully saturated rings. The lowest BCUT2D eigenvalue weighted by Gasteiger charge is -2.22. The van der Waals surface area contributed by atoms with E-state index in [0.717, 1.165) is 11.3 Å². The monoisotopic (exact) mass is 220 g/mol. The third-order valence-electron chi connectivity index (χ3n) is 2.37. The number of hydrogen-bond acceptors (Lipinski definition) is 2. The molecule has 0 radical (unpaired) electrons. The highest BCUT2D eigenvalue weighted by Gasteiger charge is 2.16. The summed E-state index contributed by atoms with van der Waals surface area (Å²) in [5.74, 6) is -0.323. The predicted octanol–water partition coefficient (Wildman–Crippen LogP) is 1.09. The Bertz CT molecular complexity index is 402. The molecule has 16 heavy (non-hydrogen) atoms. The van der Waals surface area contributed by atoms with Crippen LogP contribution in [0.3, 0.4) is 0 Å². The van der Waals surface area contributed by atoms with Crippen LogP contribution in [0.15, 0.2) is 24.3 Å². The van der Waals surface area contributed by atoms with Crippen LogP contribution in [0, 0.1) is 6.92 Å². The van der Waals surface area contributed by atoms with Crippen molar-refractivity contribution in [2.45, 2.75) is 13.8 Å². The van der Waals surface area contributed by atoms with E-state index in [9.17, 15) is 9.59 Å². The average molecular weight is 220 g/mol. The number of para-hydroxylation sites is 1. The van der Waals surface area contributed by atoms with Gasteiger partial charge in [-0.3, -0.25) is 9.59 Å². The molecule has 1 N–H and O–H groups in total. The Morgan fingerprint density at radius 3 is 2.44 bits per heavy atom. The summed E-state index contributed by atoms with van der Waals surface area (Å²) in [6.45, 7) is 3.42. The van der Waals surface area contributed by atoms with E-state index in [0.29, 0.717) is 0 Å². The third kappa shape index (κ3) is 2.82. The number of carbonyl (C=O) groups excluding carboxylic acids is 2. The van der Waals surface area contributed by atoms with Gasteiger partial charge in [0.15, 0.2) is 0 Å². The summed E-state index contributed by atoms with van der Waals surface area (Å²) in [7, 11) is 1.55. The minimum atomic E-state index is -0.182. The van der Waals surface area contributed by atoms with Crippen LogP contribution < -0.4 is 10.2 Å². The highest BCUT2D eigenvalue weighted by atomic mass is 16.2. The first-order chi connectivity index (χ1) is 7.56. The van der Waals surface area contributed by atoms with Gasteiger partial charge in [-0.05, 0) is 18.6 Å². The molecule has 4 heteroatoms. The zero-order valence-electron chi connectivity index (χ0n) is 9.78. The van der Waals surface area contributed by atoms with Crippen LogP contribution in [0.4, 0.5) is 5.69 Å². The summed E-state index contributed by atoms with van der Waals surface area (Å²) in [5.41, 5.74) is 1.75. The van der Waals surface area contributed by atoms with Crippen LogP contribution in [-0.4, -0.2) is 25.4 Å². The van der Waals surface area contributed by atoms with Gasteiger partial charge in [-0.1, -0.05) is 18.2 Å². The molecular formula is C12H16N2O2. The van der Waals surface area contributed by atoms with Crippen molar-refractivity contribution in [3.63, 3.8) is 0 Å². The first kappa shape index (κ1) is 12.2. The third-order valence-corrected chi connectivity index (χ3v) is 2.37. The van der Waals surface area contributed by atoms with E-state index < -0.39 is 0 Å². The highest BCUT2D eigenvalue weighted by Crippen LogP contribution is 2.19. The molecule has 1 aromatic rings. The molecule has 0 unspecified atom stereocenters. The van der Waals surface area contributed by atoms with Crippen molar-refractivity contribution in [2.24, 2.45) is 0 Å².